The Morgan fingerprint density at radius 1 is 1.00 bits per heavy atom. The molecule has 31 heavy (non-hydrogen) atoms. The van der Waals surface area contributed by atoms with Crippen molar-refractivity contribution in [3.05, 3.63) is 65.2 Å². The lowest BCUT2D eigenvalue weighted by atomic mass is 9.95. The van der Waals surface area contributed by atoms with Crippen molar-refractivity contribution in [3.63, 3.8) is 0 Å². The van der Waals surface area contributed by atoms with Crippen LogP contribution in [0.1, 0.15) is 31.0 Å². The molecule has 7 heteroatoms. The average molecular weight is 425 g/mol. The molecule has 3 rings (SSSR count). The van der Waals surface area contributed by atoms with E-state index in [1.54, 1.807) is 42.5 Å². The minimum atomic E-state index is -0.748. The number of carbonyl (C=O) groups is 2. The molecule has 1 N–H and O–H groups in total. The van der Waals surface area contributed by atoms with E-state index in [1.807, 2.05) is 19.9 Å². The topological polar surface area (TPSA) is 85.3 Å². The van der Waals surface area contributed by atoms with Crippen molar-refractivity contribution < 1.29 is 28.9 Å². The fourth-order valence-corrected chi connectivity index (χ4v) is 3.62. The normalized spacial score (nSPS) is 17.8. The fourth-order valence-electron chi connectivity index (χ4n) is 3.62. The highest BCUT2D eigenvalue weighted by Gasteiger charge is 2.46. The maximum absolute atomic E-state index is 13.0. The number of amides is 1. The number of hydrogen-bond acceptors (Lipinski definition) is 6. The summed E-state index contributed by atoms with van der Waals surface area (Å²) < 4.78 is 16.2. The highest BCUT2D eigenvalue weighted by Crippen LogP contribution is 2.40. The number of Topliss-reactive ketones (excluding diaryl/α,β-unsaturated/α-hetero) is 1. The maximum Gasteiger partial charge on any atom is 0.295 e. The molecule has 0 aliphatic carbocycles. The van der Waals surface area contributed by atoms with Gasteiger partial charge in [-0.25, -0.2) is 0 Å². The van der Waals surface area contributed by atoms with Gasteiger partial charge in [0.15, 0.2) is 0 Å². The van der Waals surface area contributed by atoms with E-state index >= 15 is 0 Å². The summed E-state index contributed by atoms with van der Waals surface area (Å²) in [7, 11) is 1.53. The highest BCUT2D eigenvalue weighted by molar-refractivity contribution is 6.46. The van der Waals surface area contributed by atoms with E-state index in [9.17, 15) is 14.7 Å². The average Bonchev–Trinajstić information content (AvgIpc) is 3.03. The SMILES string of the molecule is CCOc1ccc(/C(O)=C2/C(=O)C(=O)N(CCOC)C2c2cccc(OCC)c2)cc1. The minimum Gasteiger partial charge on any atom is -0.507 e. The number of hydrogen-bond donors (Lipinski definition) is 1. The fraction of sp³-hybridized carbons (Fsp3) is 0.333. The number of methoxy groups -OCH3 is 1. The molecule has 164 valence electrons. The Kier molecular flexibility index (Phi) is 7.31. The number of aliphatic hydroxyl groups excluding tert-OH is 1. The van der Waals surface area contributed by atoms with Crippen LogP contribution in [0.25, 0.3) is 5.76 Å². The van der Waals surface area contributed by atoms with Gasteiger partial charge >= 0.3 is 0 Å². The molecule has 2 aromatic rings. The van der Waals surface area contributed by atoms with Crippen molar-refractivity contribution in [2.75, 3.05) is 33.5 Å². The zero-order valence-corrected chi connectivity index (χ0v) is 18.0. The summed E-state index contributed by atoms with van der Waals surface area (Å²) in [4.78, 5) is 27.2. The first-order chi connectivity index (χ1) is 15.0. The van der Waals surface area contributed by atoms with E-state index in [0.717, 1.165) is 0 Å². The monoisotopic (exact) mass is 425 g/mol. The quantitative estimate of drug-likeness (QED) is 0.376. The number of rotatable bonds is 9. The van der Waals surface area contributed by atoms with Crippen LogP contribution in [0.2, 0.25) is 0 Å². The molecule has 1 heterocycles. The molecule has 7 nitrogen and oxygen atoms in total. The van der Waals surface area contributed by atoms with Gasteiger partial charge in [0.2, 0.25) is 0 Å². The molecular weight excluding hydrogens is 398 g/mol. The molecule has 0 bridgehead atoms. The first kappa shape index (κ1) is 22.4. The lowest BCUT2D eigenvalue weighted by molar-refractivity contribution is -0.140. The Morgan fingerprint density at radius 3 is 2.32 bits per heavy atom. The number of likely N-dealkylation sites (tertiary alicyclic amines) is 1. The predicted molar refractivity (Wildman–Crippen MR) is 116 cm³/mol. The van der Waals surface area contributed by atoms with Crippen LogP contribution in [-0.2, 0) is 14.3 Å². The van der Waals surface area contributed by atoms with Crippen LogP contribution in [0.5, 0.6) is 11.5 Å². The van der Waals surface area contributed by atoms with E-state index in [2.05, 4.69) is 0 Å². The lowest BCUT2D eigenvalue weighted by Gasteiger charge is -2.25. The van der Waals surface area contributed by atoms with Gasteiger partial charge in [0, 0.05) is 19.2 Å². The number of nitrogens with zero attached hydrogens (tertiary/aromatic N) is 1. The van der Waals surface area contributed by atoms with Gasteiger partial charge in [0.05, 0.1) is 31.4 Å². The van der Waals surface area contributed by atoms with Gasteiger partial charge in [-0.2, -0.15) is 0 Å². The van der Waals surface area contributed by atoms with Crippen molar-refractivity contribution in [2.45, 2.75) is 19.9 Å². The van der Waals surface area contributed by atoms with E-state index < -0.39 is 17.7 Å². The predicted octanol–water partition coefficient (Wildman–Crippen LogP) is 3.55. The third kappa shape index (κ3) is 4.72. The molecule has 1 saturated heterocycles. The molecule has 0 spiro atoms. The van der Waals surface area contributed by atoms with Crippen LogP contribution < -0.4 is 9.47 Å². The molecule has 0 aromatic heterocycles. The number of ether oxygens (including phenoxy) is 3. The van der Waals surface area contributed by atoms with Crippen molar-refractivity contribution in [3.8, 4) is 11.5 Å². The molecule has 1 amide bonds. The summed E-state index contributed by atoms with van der Waals surface area (Å²) in [5.74, 6) is -0.349. The number of carbonyl (C=O) groups excluding carboxylic acids is 2. The van der Waals surface area contributed by atoms with Crippen LogP contribution in [-0.4, -0.2) is 55.2 Å². The molecule has 2 aromatic carbocycles. The smallest absolute Gasteiger partial charge is 0.295 e. The molecule has 0 radical (unpaired) electrons. The summed E-state index contributed by atoms with van der Waals surface area (Å²) >= 11 is 0. The van der Waals surface area contributed by atoms with Crippen molar-refractivity contribution >= 4 is 17.4 Å². The van der Waals surface area contributed by atoms with Gasteiger partial charge < -0.3 is 24.2 Å². The second-order valence-corrected chi connectivity index (χ2v) is 6.95. The van der Waals surface area contributed by atoms with Crippen LogP contribution in [0.15, 0.2) is 54.1 Å². The van der Waals surface area contributed by atoms with Crippen LogP contribution in [0, 0.1) is 0 Å². The van der Waals surface area contributed by atoms with Crippen molar-refractivity contribution in [2.24, 2.45) is 0 Å². The Hall–Kier alpha value is -3.32. The maximum atomic E-state index is 13.0. The molecule has 1 unspecified atom stereocenters. The number of benzene rings is 2. The number of aliphatic hydroxyl groups is 1. The summed E-state index contributed by atoms with van der Waals surface area (Å²) in [6.07, 6.45) is 0. The largest absolute Gasteiger partial charge is 0.507 e. The zero-order valence-electron chi connectivity index (χ0n) is 18.0. The van der Waals surface area contributed by atoms with Crippen LogP contribution in [0.3, 0.4) is 0 Å². The van der Waals surface area contributed by atoms with Crippen molar-refractivity contribution in [1.29, 1.82) is 0 Å². The van der Waals surface area contributed by atoms with E-state index in [0.29, 0.717) is 35.8 Å². The molecular formula is C24H27NO6. The minimum absolute atomic E-state index is 0.0407. The molecule has 1 atom stereocenters. The Labute approximate surface area is 181 Å². The van der Waals surface area contributed by atoms with E-state index in [4.69, 9.17) is 14.2 Å². The van der Waals surface area contributed by atoms with Gasteiger partial charge in [-0.3, -0.25) is 9.59 Å². The summed E-state index contributed by atoms with van der Waals surface area (Å²) in [5, 5.41) is 11.1. The standard InChI is InChI=1S/C24H27NO6/c1-4-30-18-11-9-16(10-12-18)22(26)20-21(17-7-6-8-19(15-17)31-5-2)25(13-14-29-3)24(28)23(20)27/h6-12,15,21,26H,4-5,13-14H2,1-3H3/b22-20-. The van der Waals surface area contributed by atoms with E-state index in [1.165, 1.54) is 12.0 Å². The van der Waals surface area contributed by atoms with Gasteiger partial charge in [0.1, 0.15) is 17.3 Å². The second-order valence-electron chi connectivity index (χ2n) is 6.95. The molecule has 1 aliphatic rings. The van der Waals surface area contributed by atoms with E-state index in [-0.39, 0.29) is 24.5 Å². The van der Waals surface area contributed by atoms with Crippen LogP contribution >= 0.6 is 0 Å². The number of ketones is 1. The third-order valence-corrected chi connectivity index (χ3v) is 5.00. The molecule has 1 aliphatic heterocycles. The summed E-state index contributed by atoms with van der Waals surface area (Å²) in [6, 6.07) is 13.2. The molecule has 0 saturated carbocycles. The highest BCUT2D eigenvalue weighted by atomic mass is 16.5. The van der Waals surface area contributed by atoms with Gasteiger partial charge in [-0.15, -0.1) is 0 Å². The van der Waals surface area contributed by atoms with Gasteiger partial charge in [-0.05, 0) is 55.8 Å². The third-order valence-electron chi connectivity index (χ3n) is 5.00. The first-order valence-corrected chi connectivity index (χ1v) is 10.2. The Morgan fingerprint density at radius 2 is 1.68 bits per heavy atom. The zero-order chi connectivity index (χ0) is 22.4. The second kappa shape index (κ2) is 10.1. The molecule has 1 fully saturated rings. The Bertz CT molecular complexity index is 966. The first-order valence-electron chi connectivity index (χ1n) is 10.2. The Balaban J connectivity index is 2.10. The lowest BCUT2D eigenvalue weighted by Crippen LogP contribution is -2.32. The summed E-state index contributed by atoms with van der Waals surface area (Å²) in [5.41, 5.74) is 1.15. The van der Waals surface area contributed by atoms with Gasteiger partial charge in [0.25, 0.3) is 11.7 Å². The van der Waals surface area contributed by atoms with Crippen molar-refractivity contribution in [1.82, 2.24) is 4.90 Å². The van der Waals surface area contributed by atoms with Gasteiger partial charge in [-0.1, -0.05) is 12.1 Å². The summed E-state index contributed by atoms with van der Waals surface area (Å²) in [6.45, 7) is 5.24. The van der Waals surface area contributed by atoms with Crippen LogP contribution in [0.4, 0.5) is 0 Å².